The second kappa shape index (κ2) is 4.98. The highest BCUT2D eigenvalue weighted by molar-refractivity contribution is 9.10. The van der Waals surface area contributed by atoms with Crippen molar-refractivity contribution in [3.05, 3.63) is 33.8 Å². The smallest absolute Gasteiger partial charge is 0.140 e. The number of aliphatic hydroxyl groups excluding tert-OH is 3. The molecule has 15 heavy (non-hydrogen) atoms. The minimum absolute atomic E-state index is 0.130. The monoisotopic (exact) mass is 282 g/mol. The first-order chi connectivity index (χ1) is 6.97. The average molecular weight is 283 g/mol. The highest BCUT2D eigenvalue weighted by atomic mass is 79.9. The Morgan fingerprint density at radius 2 is 1.67 bits per heavy atom. The Hall–Kier alpha value is -0.560. The summed E-state index contributed by atoms with van der Waals surface area (Å²) in [6.45, 7) is -0.694. The third kappa shape index (κ3) is 2.72. The zero-order valence-corrected chi connectivity index (χ0v) is 9.08. The Kier molecular flexibility index (Phi) is 4.15. The van der Waals surface area contributed by atoms with E-state index < -0.39 is 30.4 Å². The summed E-state index contributed by atoms with van der Waals surface area (Å²) < 4.78 is 25.7. The van der Waals surface area contributed by atoms with Crippen LogP contribution in [-0.2, 0) is 0 Å². The summed E-state index contributed by atoms with van der Waals surface area (Å²) in [4.78, 5) is 0. The van der Waals surface area contributed by atoms with Crippen LogP contribution in [0.5, 0.6) is 0 Å². The van der Waals surface area contributed by atoms with Crippen LogP contribution >= 0.6 is 15.9 Å². The number of benzene rings is 1. The highest BCUT2D eigenvalue weighted by Crippen LogP contribution is 2.25. The quantitative estimate of drug-likeness (QED) is 0.728. The van der Waals surface area contributed by atoms with E-state index in [4.69, 9.17) is 10.2 Å². The van der Waals surface area contributed by atoms with Crippen molar-refractivity contribution in [3.63, 3.8) is 0 Å². The van der Waals surface area contributed by atoms with E-state index in [9.17, 15) is 13.9 Å². The Morgan fingerprint density at radius 1 is 1.20 bits per heavy atom. The van der Waals surface area contributed by atoms with Crippen molar-refractivity contribution in [2.24, 2.45) is 0 Å². The van der Waals surface area contributed by atoms with Crippen LogP contribution in [0.15, 0.2) is 16.6 Å². The lowest BCUT2D eigenvalue weighted by molar-refractivity contribution is -0.0155. The minimum Gasteiger partial charge on any atom is -0.394 e. The second-order valence-electron chi connectivity index (χ2n) is 2.99. The zero-order chi connectivity index (χ0) is 11.6. The molecule has 1 aromatic rings. The molecule has 1 aromatic carbocycles. The van der Waals surface area contributed by atoms with Crippen LogP contribution in [0, 0.1) is 11.6 Å². The first-order valence-corrected chi connectivity index (χ1v) is 4.88. The average Bonchev–Trinajstić information content (AvgIpc) is 2.23. The molecule has 0 heterocycles. The van der Waals surface area contributed by atoms with Gasteiger partial charge in [0.1, 0.15) is 23.8 Å². The number of rotatable bonds is 3. The van der Waals surface area contributed by atoms with E-state index in [1.165, 1.54) is 0 Å². The van der Waals surface area contributed by atoms with Gasteiger partial charge in [-0.1, -0.05) is 0 Å². The van der Waals surface area contributed by atoms with Crippen molar-refractivity contribution in [1.29, 1.82) is 0 Å². The molecule has 0 bridgehead atoms. The van der Waals surface area contributed by atoms with Crippen molar-refractivity contribution in [2.75, 3.05) is 6.61 Å². The van der Waals surface area contributed by atoms with E-state index in [1.54, 1.807) is 0 Å². The molecule has 3 N–H and O–H groups in total. The van der Waals surface area contributed by atoms with E-state index in [1.807, 2.05) is 0 Å². The zero-order valence-electron chi connectivity index (χ0n) is 7.49. The molecule has 0 aromatic heterocycles. The topological polar surface area (TPSA) is 60.7 Å². The lowest BCUT2D eigenvalue weighted by Gasteiger charge is -2.16. The van der Waals surface area contributed by atoms with Gasteiger partial charge >= 0.3 is 0 Å². The van der Waals surface area contributed by atoms with Crippen molar-refractivity contribution in [3.8, 4) is 0 Å². The Bertz CT molecular complexity index is 336. The maximum atomic E-state index is 13.0. The van der Waals surface area contributed by atoms with E-state index >= 15 is 0 Å². The molecule has 0 aliphatic rings. The van der Waals surface area contributed by atoms with Crippen LogP contribution in [0.2, 0.25) is 0 Å². The minimum atomic E-state index is -1.52. The maximum absolute atomic E-state index is 13.0. The predicted octanol–water partition coefficient (Wildman–Crippen LogP) is 1.11. The molecule has 0 saturated carbocycles. The van der Waals surface area contributed by atoms with Gasteiger partial charge in [-0.05, 0) is 33.6 Å². The van der Waals surface area contributed by atoms with Crippen LogP contribution in [0.25, 0.3) is 0 Å². The van der Waals surface area contributed by atoms with Gasteiger partial charge in [-0.3, -0.25) is 0 Å². The lowest BCUT2D eigenvalue weighted by atomic mass is 10.0. The van der Waals surface area contributed by atoms with Gasteiger partial charge in [-0.25, -0.2) is 8.78 Å². The fraction of sp³-hybridized carbons (Fsp3) is 0.333. The number of halogens is 3. The molecule has 3 nitrogen and oxygen atoms in total. The van der Waals surface area contributed by atoms with Crippen molar-refractivity contribution >= 4 is 15.9 Å². The van der Waals surface area contributed by atoms with Gasteiger partial charge in [-0.15, -0.1) is 0 Å². The van der Waals surface area contributed by atoms with Crippen LogP contribution in [0.4, 0.5) is 8.78 Å². The Balaban J connectivity index is 3.06. The van der Waals surface area contributed by atoms with Gasteiger partial charge in [0.25, 0.3) is 0 Å². The lowest BCUT2D eigenvalue weighted by Crippen LogP contribution is -2.22. The van der Waals surface area contributed by atoms with Crippen LogP contribution in [0.1, 0.15) is 11.7 Å². The first kappa shape index (κ1) is 12.5. The summed E-state index contributed by atoms with van der Waals surface area (Å²) in [5.41, 5.74) is -0.130. The summed E-state index contributed by atoms with van der Waals surface area (Å²) in [6, 6.07) is 1.77. The predicted molar refractivity (Wildman–Crippen MR) is 52.1 cm³/mol. The molecule has 0 spiro atoms. The first-order valence-electron chi connectivity index (χ1n) is 4.08. The van der Waals surface area contributed by atoms with Gasteiger partial charge < -0.3 is 15.3 Å². The van der Waals surface area contributed by atoms with Gasteiger partial charge in [0.05, 0.1) is 11.1 Å². The van der Waals surface area contributed by atoms with Gasteiger partial charge in [0.2, 0.25) is 0 Å². The van der Waals surface area contributed by atoms with Gasteiger partial charge in [0.15, 0.2) is 0 Å². The Labute approximate surface area is 93.1 Å². The fourth-order valence-corrected chi connectivity index (χ4v) is 1.30. The molecule has 0 fully saturated rings. The number of hydrogen-bond acceptors (Lipinski definition) is 3. The summed E-state index contributed by atoms with van der Waals surface area (Å²) in [6.07, 6.45) is -2.99. The van der Waals surface area contributed by atoms with E-state index in [0.29, 0.717) is 0 Å². The summed E-state index contributed by atoms with van der Waals surface area (Å²) in [7, 11) is 0. The van der Waals surface area contributed by atoms with Crippen molar-refractivity contribution in [2.45, 2.75) is 12.2 Å². The van der Waals surface area contributed by atoms with Crippen LogP contribution in [-0.4, -0.2) is 28.0 Å². The second-order valence-corrected chi connectivity index (χ2v) is 3.79. The van der Waals surface area contributed by atoms with E-state index in [-0.39, 0.29) is 10.0 Å². The molecule has 0 radical (unpaired) electrons. The third-order valence-corrected chi connectivity index (χ3v) is 2.66. The van der Waals surface area contributed by atoms with Crippen LogP contribution < -0.4 is 0 Å². The normalized spacial score (nSPS) is 15.1. The summed E-state index contributed by atoms with van der Waals surface area (Å²) in [5, 5.41) is 27.0. The van der Waals surface area contributed by atoms with E-state index in [2.05, 4.69) is 15.9 Å². The maximum Gasteiger partial charge on any atom is 0.140 e. The van der Waals surface area contributed by atoms with Gasteiger partial charge in [-0.2, -0.15) is 0 Å². The molecular formula is C9H9BrF2O3. The molecule has 0 amide bonds. The molecule has 2 atom stereocenters. The standard InChI is InChI=1S/C9H9BrF2O3/c10-8-5(11)1-4(2-6(8)12)9(15)7(14)3-13/h1-2,7,9,13-15H,3H2. The summed E-state index contributed by atoms with van der Waals surface area (Å²) in [5.74, 6) is -1.76. The molecule has 2 unspecified atom stereocenters. The van der Waals surface area contributed by atoms with Crippen molar-refractivity contribution in [1.82, 2.24) is 0 Å². The molecule has 0 aliphatic heterocycles. The molecular weight excluding hydrogens is 274 g/mol. The van der Waals surface area contributed by atoms with Crippen molar-refractivity contribution < 1.29 is 24.1 Å². The fourth-order valence-electron chi connectivity index (χ4n) is 1.07. The Morgan fingerprint density at radius 3 is 2.07 bits per heavy atom. The third-order valence-electron chi connectivity index (χ3n) is 1.90. The molecule has 1 rings (SSSR count). The highest BCUT2D eigenvalue weighted by Gasteiger charge is 2.20. The molecule has 0 aliphatic carbocycles. The summed E-state index contributed by atoms with van der Waals surface area (Å²) >= 11 is 2.67. The van der Waals surface area contributed by atoms with E-state index in [0.717, 1.165) is 12.1 Å². The number of aliphatic hydroxyl groups is 3. The molecule has 84 valence electrons. The van der Waals surface area contributed by atoms with Gasteiger partial charge in [0, 0.05) is 0 Å². The SMILES string of the molecule is OCC(O)C(O)c1cc(F)c(Br)c(F)c1. The van der Waals surface area contributed by atoms with Crippen LogP contribution in [0.3, 0.4) is 0 Å². The number of hydrogen-bond donors (Lipinski definition) is 3. The molecule has 6 heteroatoms. The molecule has 0 saturated heterocycles. The largest absolute Gasteiger partial charge is 0.394 e.